The third-order valence-corrected chi connectivity index (χ3v) is 2.24. The van der Waals surface area contributed by atoms with Crippen LogP contribution in [0.4, 0.5) is 5.69 Å². The SMILES string of the molecule is COCC(Cl)CNC(=O)c1cc([N+](=O)[O-])c[nH]1. The summed E-state index contributed by atoms with van der Waals surface area (Å²) in [7, 11) is 1.51. The van der Waals surface area contributed by atoms with E-state index < -0.39 is 10.8 Å². The largest absolute Gasteiger partial charge is 0.383 e. The molecule has 1 heterocycles. The van der Waals surface area contributed by atoms with Crippen LogP contribution in [-0.4, -0.2) is 41.5 Å². The molecule has 1 unspecified atom stereocenters. The summed E-state index contributed by atoms with van der Waals surface area (Å²) in [6, 6.07) is 1.16. The number of ether oxygens (including phenoxy) is 1. The molecule has 0 spiro atoms. The summed E-state index contributed by atoms with van der Waals surface area (Å²) < 4.78 is 4.80. The topological polar surface area (TPSA) is 97.3 Å². The number of methoxy groups -OCH3 is 1. The Morgan fingerprint density at radius 1 is 1.76 bits per heavy atom. The maximum absolute atomic E-state index is 11.5. The molecule has 1 amide bonds. The molecule has 1 aromatic rings. The first-order valence-electron chi connectivity index (χ1n) is 4.78. The highest BCUT2D eigenvalue weighted by atomic mass is 35.5. The van der Waals surface area contributed by atoms with Crippen molar-refractivity contribution in [3.8, 4) is 0 Å². The molecule has 0 aromatic carbocycles. The van der Waals surface area contributed by atoms with Gasteiger partial charge in [-0.25, -0.2) is 0 Å². The van der Waals surface area contributed by atoms with Crippen LogP contribution in [0.15, 0.2) is 12.3 Å². The lowest BCUT2D eigenvalue weighted by molar-refractivity contribution is -0.384. The number of amides is 1. The molecule has 0 saturated carbocycles. The van der Waals surface area contributed by atoms with Crippen LogP contribution in [0.25, 0.3) is 0 Å². The fourth-order valence-electron chi connectivity index (χ4n) is 1.16. The minimum absolute atomic E-state index is 0.123. The monoisotopic (exact) mass is 261 g/mol. The number of hydrogen-bond donors (Lipinski definition) is 2. The van der Waals surface area contributed by atoms with Crippen LogP contribution in [0.3, 0.4) is 0 Å². The highest BCUT2D eigenvalue weighted by Crippen LogP contribution is 2.11. The van der Waals surface area contributed by atoms with E-state index in [1.807, 2.05) is 0 Å². The van der Waals surface area contributed by atoms with E-state index in [9.17, 15) is 14.9 Å². The van der Waals surface area contributed by atoms with E-state index >= 15 is 0 Å². The Morgan fingerprint density at radius 3 is 3.00 bits per heavy atom. The summed E-state index contributed by atoms with van der Waals surface area (Å²) in [6.07, 6.45) is 1.16. The number of aromatic nitrogens is 1. The van der Waals surface area contributed by atoms with Gasteiger partial charge in [0.2, 0.25) is 0 Å². The molecule has 0 radical (unpaired) electrons. The lowest BCUT2D eigenvalue weighted by Crippen LogP contribution is -2.31. The van der Waals surface area contributed by atoms with Crippen molar-refractivity contribution in [3.05, 3.63) is 28.1 Å². The van der Waals surface area contributed by atoms with E-state index in [-0.39, 0.29) is 23.3 Å². The van der Waals surface area contributed by atoms with E-state index in [0.717, 1.165) is 12.3 Å². The van der Waals surface area contributed by atoms with Gasteiger partial charge in [0, 0.05) is 19.7 Å². The van der Waals surface area contributed by atoms with Crippen molar-refractivity contribution >= 4 is 23.2 Å². The Balaban J connectivity index is 2.49. The fourth-order valence-corrected chi connectivity index (χ4v) is 1.36. The van der Waals surface area contributed by atoms with Gasteiger partial charge in [0.25, 0.3) is 11.6 Å². The molecule has 1 aromatic heterocycles. The number of rotatable bonds is 6. The van der Waals surface area contributed by atoms with E-state index in [1.165, 1.54) is 7.11 Å². The van der Waals surface area contributed by atoms with Crippen LogP contribution >= 0.6 is 11.6 Å². The molecule has 1 atom stereocenters. The summed E-state index contributed by atoms with van der Waals surface area (Å²) in [5.41, 5.74) is -0.0348. The third kappa shape index (κ3) is 4.04. The first-order valence-corrected chi connectivity index (χ1v) is 5.22. The molecule has 7 nitrogen and oxygen atoms in total. The highest BCUT2D eigenvalue weighted by molar-refractivity contribution is 6.21. The highest BCUT2D eigenvalue weighted by Gasteiger charge is 2.15. The number of carbonyl (C=O) groups is 1. The zero-order valence-electron chi connectivity index (χ0n) is 9.10. The maximum Gasteiger partial charge on any atom is 0.287 e. The van der Waals surface area contributed by atoms with Crippen LogP contribution in [0, 0.1) is 10.1 Å². The van der Waals surface area contributed by atoms with Crippen molar-refractivity contribution in [3.63, 3.8) is 0 Å². The van der Waals surface area contributed by atoms with Crippen molar-refractivity contribution < 1.29 is 14.5 Å². The minimum atomic E-state index is -0.581. The molecular weight excluding hydrogens is 250 g/mol. The van der Waals surface area contributed by atoms with Gasteiger partial charge in [-0.1, -0.05) is 0 Å². The fraction of sp³-hybridized carbons (Fsp3) is 0.444. The van der Waals surface area contributed by atoms with Gasteiger partial charge in [-0.15, -0.1) is 11.6 Å². The molecule has 8 heteroatoms. The number of nitrogens with zero attached hydrogens (tertiary/aromatic N) is 1. The van der Waals surface area contributed by atoms with Gasteiger partial charge in [0.05, 0.1) is 23.1 Å². The third-order valence-electron chi connectivity index (χ3n) is 1.95. The lowest BCUT2D eigenvalue weighted by atomic mass is 10.3. The normalized spacial score (nSPS) is 12.1. The quantitative estimate of drug-likeness (QED) is 0.452. The molecule has 0 aliphatic heterocycles. The summed E-state index contributed by atoms with van der Waals surface area (Å²) in [5, 5.41) is 12.6. The second-order valence-corrected chi connectivity index (χ2v) is 3.91. The molecule has 0 aliphatic carbocycles. The molecule has 94 valence electrons. The predicted molar refractivity (Wildman–Crippen MR) is 61.3 cm³/mol. The van der Waals surface area contributed by atoms with E-state index in [1.54, 1.807) is 0 Å². The number of alkyl halides is 1. The molecule has 0 fully saturated rings. The number of H-pyrrole nitrogens is 1. The number of nitro groups is 1. The average molecular weight is 262 g/mol. The Labute approximate surface area is 102 Å². The predicted octanol–water partition coefficient (Wildman–Crippen LogP) is 0.906. The molecule has 1 rings (SSSR count). The van der Waals surface area contributed by atoms with Crippen LogP contribution in [0.2, 0.25) is 0 Å². The number of halogens is 1. The van der Waals surface area contributed by atoms with Gasteiger partial charge in [0.1, 0.15) is 5.69 Å². The summed E-state index contributed by atoms with van der Waals surface area (Å²) in [4.78, 5) is 23.9. The number of hydrogen-bond acceptors (Lipinski definition) is 4. The molecule has 0 saturated heterocycles. The smallest absolute Gasteiger partial charge is 0.287 e. The van der Waals surface area contributed by atoms with Crippen LogP contribution in [0.1, 0.15) is 10.5 Å². The van der Waals surface area contributed by atoms with Gasteiger partial charge in [-0.3, -0.25) is 14.9 Å². The van der Waals surface area contributed by atoms with E-state index in [2.05, 4.69) is 10.3 Å². The van der Waals surface area contributed by atoms with Crippen molar-refractivity contribution in [2.24, 2.45) is 0 Å². The zero-order valence-corrected chi connectivity index (χ0v) is 9.86. The van der Waals surface area contributed by atoms with Gasteiger partial charge in [-0.05, 0) is 0 Å². The lowest BCUT2D eigenvalue weighted by Gasteiger charge is -2.08. The van der Waals surface area contributed by atoms with Crippen molar-refractivity contribution in [2.45, 2.75) is 5.38 Å². The Kier molecular flexibility index (Phi) is 4.92. The molecule has 0 bridgehead atoms. The summed E-state index contributed by atoms with van der Waals surface area (Å²) in [5.74, 6) is -0.445. The zero-order chi connectivity index (χ0) is 12.8. The Bertz CT molecular complexity index is 407. The van der Waals surface area contributed by atoms with Gasteiger partial charge in [0.15, 0.2) is 0 Å². The standard InChI is InChI=1S/C9H12ClN3O4/c1-17-5-6(10)3-12-9(14)8-2-7(4-11-8)13(15)16/h2,4,6,11H,3,5H2,1H3,(H,12,14). The Hall–Kier alpha value is -1.60. The van der Waals surface area contributed by atoms with Crippen LogP contribution < -0.4 is 5.32 Å². The second-order valence-electron chi connectivity index (χ2n) is 3.29. The minimum Gasteiger partial charge on any atom is -0.383 e. The molecular formula is C9H12ClN3O4. The van der Waals surface area contributed by atoms with Crippen LogP contribution in [-0.2, 0) is 4.74 Å². The van der Waals surface area contributed by atoms with Crippen molar-refractivity contribution in [2.75, 3.05) is 20.3 Å². The number of aromatic amines is 1. The Morgan fingerprint density at radius 2 is 2.47 bits per heavy atom. The van der Waals surface area contributed by atoms with Crippen LogP contribution in [0.5, 0.6) is 0 Å². The van der Waals surface area contributed by atoms with Crippen molar-refractivity contribution in [1.29, 1.82) is 0 Å². The van der Waals surface area contributed by atoms with Gasteiger partial charge in [-0.2, -0.15) is 0 Å². The number of nitrogens with one attached hydrogen (secondary N) is 2. The summed E-state index contributed by atoms with van der Waals surface area (Å²) >= 11 is 5.81. The maximum atomic E-state index is 11.5. The molecule has 0 aliphatic rings. The molecule has 2 N–H and O–H groups in total. The van der Waals surface area contributed by atoms with E-state index in [4.69, 9.17) is 16.3 Å². The van der Waals surface area contributed by atoms with Crippen molar-refractivity contribution in [1.82, 2.24) is 10.3 Å². The first-order chi connectivity index (χ1) is 8.04. The van der Waals surface area contributed by atoms with Gasteiger partial charge < -0.3 is 15.0 Å². The summed E-state index contributed by atoms with van der Waals surface area (Å²) in [6.45, 7) is 0.535. The second kappa shape index (κ2) is 6.21. The van der Waals surface area contributed by atoms with Gasteiger partial charge >= 0.3 is 0 Å². The molecule has 17 heavy (non-hydrogen) atoms. The first kappa shape index (κ1) is 13.5. The average Bonchev–Trinajstić information content (AvgIpc) is 2.75. The number of carbonyl (C=O) groups excluding carboxylic acids is 1. The van der Waals surface area contributed by atoms with E-state index in [0.29, 0.717) is 6.61 Å².